The maximum Gasteiger partial charge on any atom is 0.227 e. The maximum atomic E-state index is 12.6. The average molecular weight is 428 g/mol. The summed E-state index contributed by atoms with van der Waals surface area (Å²) in [5.74, 6) is 0.162. The van der Waals surface area contributed by atoms with E-state index in [0.717, 1.165) is 53.4 Å². The molecule has 1 amide bonds. The standard InChI is InChI=1S/C23H26ClN3OS/c1-3-5-7-16(4-2)22(28)25-20-9-6-8-17(14-20)21-15-29-23(27-21)26-19-12-10-18(24)11-13-19/h6,8-16H,3-5,7H2,1-2H3,(H,25,28)(H,26,27). The topological polar surface area (TPSA) is 54.0 Å². The predicted molar refractivity (Wildman–Crippen MR) is 124 cm³/mol. The number of nitrogens with zero attached hydrogens (tertiary/aromatic N) is 1. The summed E-state index contributed by atoms with van der Waals surface area (Å²) < 4.78 is 0. The van der Waals surface area contributed by atoms with Crippen LogP contribution >= 0.6 is 22.9 Å². The fourth-order valence-corrected chi connectivity index (χ4v) is 3.96. The second-order valence-corrected chi connectivity index (χ2v) is 8.28. The van der Waals surface area contributed by atoms with Crippen LogP contribution in [0, 0.1) is 5.92 Å². The molecule has 0 spiro atoms. The Bertz CT molecular complexity index is 939. The van der Waals surface area contributed by atoms with Gasteiger partial charge in [0.2, 0.25) is 5.91 Å². The molecule has 4 nitrogen and oxygen atoms in total. The molecule has 1 unspecified atom stereocenters. The number of anilines is 3. The van der Waals surface area contributed by atoms with E-state index in [-0.39, 0.29) is 11.8 Å². The Morgan fingerprint density at radius 1 is 1.14 bits per heavy atom. The first-order valence-electron chi connectivity index (χ1n) is 9.98. The van der Waals surface area contributed by atoms with Crippen molar-refractivity contribution in [2.75, 3.05) is 10.6 Å². The van der Waals surface area contributed by atoms with Gasteiger partial charge in [0.1, 0.15) is 0 Å². The molecule has 1 heterocycles. The van der Waals surface area contributed by atoms with Crippen LogP contribution in [0.2, 0.25) is 5.02 Å². The molecule has 0 aliphatic heterocycles. The van der Waals surface area contributed by atoms with Crippen LogP contribution in [0.5, 0.6) is 0 Å². The van der Waals surface area contributed by atoms with Crippen molar-refractivity contribution in [1.82, 2.24) is 4.98 Å². The molecule has 1 atom stereocenters. The van der Waals surface area contributed by atoms with Crippen LogP contribution in [0.25, 0.3) is 11.3 Å². The number of rotatable bonds is 9. The number of nitrogens with one attached hydrogen (secondary N) is 2. The van der Waals surface area contributed by atoms with E-state index in [4.69, 9.17) is 11.6 Å². The SMILES string of the molecule is CCCCC(CC)C(=O)Nc1cccc(-c2csc(Nc3ccc(Cl)cc3)n2)c1. The Morgan fingerprint density at radius 2 is 1.93 bits per heavy atom. The number of thiazole rings is 1. The highest BCUT2D eigenvalue weighted by Gasteiger charge is 2.16. The van der Waals surface area contributed by atoms with Crippen molar-refractivity contribution < 1.29 is 4.79 Å². The number of halogens is 1. The van der Waals surface area contributed by atoms with Gasteiger partial charge in [-0.3, -0.25) is 4.79 Å². The first-order chi connectivity index (χ1) is 14.1. The second kappa shape index (κ2) is 10.4. The quantitative estimate of drug-likeness (QED) is 0.375. The van der Waals surface area contributed by atoms with Crippen molar-refractivity contribution in [2.24, 2.45) is 5.92 Å². The molecule has 0 aliphatic rings. The molecule has 152 valence electrons. The summed E-state index contributed by atoms with van der Waals surface area (Å²) in [6.07, 6.45) is 3.98. The summed E-state index contributed by atoms with van der Waals surface area (Å²) in [6, 6.07) is 15.4. The van der Waals surface area contributed by atoms with Gasteiger partial charge in [0.05, 0.1) is 5.69 Å². The fraction of sp³-hybridized carbons (Fsp3) is 0.304. The maximum absolute atomic E-state index is 12.6. The zero-order valence-electron chi connectivity index (χ0n) is 16.7. The van der Waals surface area contributed by atoms with Crippen molar-refractivity contribution in [1.29, 1.82) is 0 Å². The first-order valence-corrected chi connectivity index (χ1v) is 11.2. The Morgan fingerprint density at radius 3 is 2.66 bits per heavy atom. The van der Waals surface area contributed by atoms with E-state index in [1.54, 1.807) is 0 Å². The molecule has 1 aromatic heterocycles. The monoisotopic (exact) mass is 427 g/mol. The van der Waals surface area contributed by atoms with E-state index >= 15 is 0 Å². The van der Waals surface area contributed by atoms with E-state index < -0.39 is 0 Å². The summed E-state index contributed by atoms with van der Waals surface area (Å²) in [5, 5.41) is 9.88. The van der Waals surface area contributed by atoms with Gasteiger partial charge in [0.15, 0.2) is 5.13 Å². The molecular weight excluding hydrogens is 402 g/mol. The summed E-state index contributed by atoms with van der Waals surface area (Å²) in [6.45, 7) is 4.22. The third kappa shape index (κ3) is 6.05. The van der Waals surface area contributed by atoms with Crippen molar-refractivity contribution in [3.63, 3.8) is 0 Å². The van der Waals surface area contributed by atoms with Crippen LogP contribution in [-0.2, 0) is 4.79 Å². The van der Waals surface area contributed by atoms with Gasteiger partial charge in [-0.1, -0.05) is 50.4 Å². The number of carbonyl (C=O) groups is 1. The fourth-order valence-electron chi connectivity index (χ4n) is 3.09. The van der Waals surface area contributed by atoms with Crippen LogP contribution in [0.3, 0.4) is 0 Å². The van der Waals surface area contributed by atoms with Crippen molar-refractivity contribution >= 4 is 45.4 Å². The van der Waals surface area contributed by atoms with Crippen LogP contribution < -0.4 is 10.6 Å². The van der Waals surface area contributed by atoms with Gasteiger partial charge in [-0.25, -0.2) is 4.98 Å². The van der Waals surface area contributed by atoms with E-state index in [0.29, 0.717) is 5.02 Å². The summed E-state index contributed by atoms with van der Waals surface area (Å²) in [4.78, 5) is 17.3. The Kier molecular flexibility index (Phi) is 7.67. The van der Waals surface area contributed by atoms with Crippen LogP contribution in [-0.4, -0.2) is 10.9 Å². The molecule has 0 saturated carbocycles. The van der Waals surface area contributed by atoms with Crippen molar-refractivity contribution in [2.45, 2.75) is 39.5 Å². The highest BCUT2D eigenvalue weighted by atomic mass is 35.5. The Hall–Kier alpha value is -2.37. The van der Waals surface area contributed by atoms with Gasteiger partial charge in [-0.2, -0.15) is 0 Å². The minimum atomic E-state index is 0.0630. The third-order valence-electron chi connectivity index (χ3n) is 4.80. The van der Waals surface area contributed by atoms with Gasteiger partial charge in [-0.15, -0.1) is 11.3 Å². The summed E-state index contributed by atoms with van der Waals surface area (Å²) >= 11 is 7.47. The highest BCUT2D eigenvalue weighted by molar-refractivity contribution is 7.14. The van der Waals surface area contributed by atoms with Crippen LogP contribution in [0.4, 0.5) is 16.5 Å². The minimum absolute atomic E-state index is 0.0630. The number of benzene rings is 2. The van der Waals surface area contributed by atoms with Crippen molar-refractivity contribution in [3.05, 3.63) is 58.9 Å². The van der Waals surface area contributed by atoms with Gasteiger partial charge in [-0.05, 0) is 49.2 Å². The number of amides is 1. The summed E-state index contributed by atoms with van der Waals surface area (Å²) in [5.41, 5.74) is 3.60. The molecule has 29 heavy (non-hydrogen) atoms. The van der Waals surface area contributed by atoms with Crippen LogP contribution in [0.1, 0.15) is 39.5 Å². The average Bonchev–Trinajstić information content (AvgIpc) is 3.19. The molecule has 6 heteroatoms. The summed E-state index contributed by atoms with van der Waals surface area (Å²) in [7, 11) is 0. The van der Waals surface area contributed by atoms with Crippen molar-refractivity contribution in [3.8, 4) is 11.3 Å². The number of carbonyl (C=O) groups excluding carboxylic acids is 1. The lowest BCUT2D eigenvalue weighted by atomic mass is 9.98. The number of hydrogen-bond donors (Lipinski definition) is 2. The lowest BCUT2D eigenvalue weighted by Gasteiger charge is -2.15. The molecule has 0 saturated heterocycles. The number of aromatic nitrogens is 1. The zero-order chi connectivity index (χ0) is 20.6. The Labute approximate surface area is 181 Å². The van der Waals surface area contributed by atoms with Gasteiger partial charge in [0, 0.05) is 33.3 Å². The molecule has 0 radical (unpaired) electrons. The van der Waals surface area contributed by atoms with Gasteiger partial charge < -0.3 is 10.6 Å². The molecule has 0 fully saturated rings. The van der Waals surface area contributed by atoms with E-state index in [1.807, 2.05) is 53.9 Å². The largest absolute Gasteiger partial charge is 0.332 e. The van der Waals surface area contributed by atoms with Crippen LogP contribution in [0.15, 0.2) is 53.9 Å². The zero-order valence-corrected chi connectivity index (χ0v) is 18.3. The number of unbranched alkanes of at least 4 members (excludes halogenated alkanes) is 1. The molecule has 0 bridgehead atoms. The van der Waals surface area contributed by atoms with Gasteiger partial charge in [0.25, 0.3) is 0 Å². The lowest BCUT2D eigenvalue weighted by molar-refractivity contribution is -0.120. The van der Waals surface area contributed by atoms with Gasteiger partial charge >= 0.3 is 0 Å². The molecule has 2 aromatic carbocycles. The first kappa shape index (κ1) is 21.3. The molecule has 3 aromatic rings. The highest BCUT2D eigenvalue weighted by Crippen LogP contribution is 2.29. The molecule has 3 rings (SSSR count). The third-order valence-corrected chi connectivity index (χ3v) is 5.80. The molecular formula is C23H26ClN3OS. The predicted octanol–water partition coefficient (Wildman–Crippen LogP) is 7.36. The second-order valence-electron chi connectivity index (χ2n) is 6.99. The normalized spacial score (nSPS) is 11.8. The Balaban J connectivity index is 1.68. The molecule has 0 aliphatic carbocycles. The number of hydrogen-bond acceptors (Lipinski definition) is 4. The smallest absolute Gasteiger partial charge is 0.227 e. The minimum Gasteiger partial charge on any atom is -0.332 e. The van der Waals surface area contributed by atoms with E-state index in [2.05, 4.69) is 29.5 Å². The van der Waals surface area contributed by atoms with E-state index in [9.17, 15) is 4.79 Å². The van der Waals surface area contributed by atoms with E-state index in [1.165, 1.54) is 11.3 Å². The molecule has 2 N–H and O–H groups in total. The lowest BCUT2D eigenvalue weighted by Crippen LogP contribution is -2.22.